The Morgan fingerprint density at radius 1 is 1.13 bits per heavy atom. The van der Waals surface area contributed by atoms with Crippen molar-refractivity contribution in [3.63, 3.8) is 0 Å². The fraction of sp³-hybridized carbons (Fsp3) is 0.565. The van der Waals surface area contributed by atoms with Gasteiger partial charge in [-0.15, -0.1) is 0 Å². The van der Waals surface area contributed by atoms with Gasteiger partial charge in [0.05, 0.1) is 17.2 Å². The van der Waals surface area contributed by atoms with Crippen molar-refractivity contribution >= 4 is 28.7 Å². The largest absolute Gasteiger partial charge is 0.393 e. The first kappa shape index (κ1) is 21.5. The average molecular weight is 426 g/mol. The van der Waals surface area contributed by atoms with Gasteiger partial charge in [0.1, 0.15) is 0 Å². The van der Waals surface area contributed by atoms with E-state index in [-0.39, 0.29) is 24.0 Å². The van der Waals surface area contributed by atoms with Crippen molar-refractivity contribution in [2.24, 2.45) is 5.92 Å². The number of aliphatic hydroxyl groups is 1. The van der Waals surface area contributed by atoms with Gasteiger partial charge in [-0.05, 0) is 50.5 Å². The number of benzene rings is 1. The summed E-state index contributed by atoms with van der Waals surface area (Å²) in [5, 5.41) is 16.9. The molecule has 2 amide bonds. The molecule has 8 heteroatoms. The highest BCUT2D eigenvalue weighted by molar-refractivity contribution is 6.05. The third kappa shape index (κ3) is 5.31. The number of likely N-dealkylation sites (tertiary alicyclic amines) is 1. The van der Waals surface area contributed by atoms with Crippen molar-refractivity contribution in [3.05, 3.63) is 30.0 Å². The van der Waals surface area contributed by atoms with E-state index in [1.54, 1.807) is 19.2 Å². The number of para-hydroxylation sites is 1. The van der Waals surface area contributed by atoms with Crippen LogP contribution in [0.1, 0.15) is 55.8 Å². The highest BCUT2D eigenvalue weighted by Crippen LogP contribution is 2.23. The molecular formula is C23H31N5O3. The van der Waals surface area contributed by atoms with Crippen LogP contribution in [0.25, 0.3) is 10.9 Å². The van der Waals surface area contributed by atoms with Gasteiger partial charge in [-0.1, -0.05) is 12.1 Å². The molecule has 1 aliphatic heterocycles. The van der Waals surface area contributed by atoms with Gasteiger partial charge in [0.2, 0.25) is 11.9 Å². The number of nitrogens with zero attached hydrogens (tertiary/aromatic N) is 3. The normalized spacial score (nSPS) is 22.3. The summed E-state index contributed by atoms with van der Waals surface area (Å²) in [5.41, 5.74) is 1.18. The number of piperidine rings is 1. The second kappa shape index (κ2) is 9.60. The maximum absolute atomic E-state index is 12.9. The fourth-order valence-corrected chi connectivity index (χ4v) is 4.50. The van der Waals surface area contributed by atoms with E-state index in [1.807, 2.05) is 17.0 Å². The van der Waals surface area contributed by atoms with E-state index in [0.717, 1.165) is 57.0 Å². The Morgan fingerprint density at radius 2 is 1.87 bits per heavy atom. The first-order valence-corrected chi connectivity index (χ1v) is 11.2. The highest BCUT2D eigenvalue weighted by Gasteiger charge is 2.22. The zero-order chi connectivity index (χ0) is 21.8. The average Bonchev–Trinajstić information content (AvgIpc) is 2.79. The molecule has 1 aliphatic carbocycles. The molecule has 0 unspecified atom stereocenters. The van der Waals surface area contributed by atoms with E-state index >= 15 is 0 Å². The maximum atomic E-state index is 12.9. The fourth-order valence-electron chi connectivity index (χ4n) is 4.50. The number of rotatable bonds is 5. The van der Waals surface area contributed by atoms with Crippen LogP contribution in [0.2, 0.25) is 0 Å². The number of aromatic nitrogens is 2. The quantitative estimate of drug-likeness (QED) is 0.679. The molecule has 2 aliphatic rings. The Labute approximate surface area is 182 Å². The molecule has 0 radical (unpaired) electrons. The number of anilines is 1. The first-order chi connectivity index (χ1) is 15.0. The van der Waals surface area contributed by atoms with Crippen molar-refractivity contribution in [3.8, 4) is 0 Å². The molecule has 31 heavy (non-hydrogen) atoms. The summed E-state index contributed by atoms with van der Waals surface area (Å²) >= 11 is 0. The minimum Gasteiger partial charge on any atom is -0.393 e. The molecule has 1 saturated carbocycles. The predicted octanol–water partition coefficient (Wildman–Crippen LogP) is 2.33. The molecule has 3 N–H and O–H groups in total. The summed E-state index contributed by atoms with van der Waals surface area (Å²) in [6.07, 6.45) is 6.68. The lowest BCUT2D eigenvalue weighted by atomic mass is 9.93. The van der Waals surface area contributed by atoms with Crippen LogP contribution in [0.3, 0.4) is 0 Å². The molecule has 4 rings (SSSR count). The molecule has 0 atom stereocenters. The SMILES string of the molecule is CC(=O)N1CCC(CNC(=O)c2cccc3cnc(N[C@H]4CC[C@H](O)CC4)nc23)CC1. The number of fused-ring (bicyclic) bond motifs is 1. The predicted molar refractivity (Wildman–Crippen MR) is 119 cm³/mol. The van der Waals surface area contributed by atoms with Crippen molar-refractivity contribution < 1.29 is 14.7 Å². The van der Waals surface area contributed by atoms with Crippen molar-refractivity contribution in [1.29, 1.82) is 0 Å². The van der Waals surface area contributed by atoms with Gasteiger partial charge < -0.3 is 20.6 Å². The lowest BCUT2D eigenvalue weighted by molar-refractivity contribution is -0.130. The Hall–Kier alpha value is -2.74. The number of hydrogen-bond acceptors (Lipinski definition) is 6. The number of hydrogen-bond donors (Lipinski definition) is 3. The minimum absolute atomic E-state index is 0.117. The zero-order valence-electron chi connectivity index (χ0n) is 18.0. The van der Waals surface area contributed by atoms with Crippen molar-refractivity contribution in [1.82, 2.24) is 20.2 Å². The second-order valence-corrected chi connectivity index (χ2v) is 8.75. The summed E-state index contributed by atoms with van der Waals surface area (Å²) in [5.74, 6) is 0.880. The minimum atomic E-state index is -0.208. The van der Waals surface area contributed by atoms with E-state index in [4.69, 9.17) is 0 Å². The molecule has 2 aromatic rings. The lowest BCUT2D eigenvalue weighted by Gasteiger charge is -2.31. The molecule has 2 fully saturated rings. The molecule has 1 aromatic carbocycles. The molecule has 8 nitrogen and oxygen atoms in total. The van der Waals surface area contributed by atoms with Crippen LogP contribution >= 0.6 is 0 Å². The Kier molecular flexibility index (Phi) is 6.65. The lowest BCUT2D eigenvalue weighted by Crippen LogP contribution is -2.40. The monoisotopic (exact) mass is 425 g/mol. The molecule has 1 saturated heterocycles. The van der Waals surface area contributed by atoms with Crippen LogP contribution < -0.4 is 10.6 Å². The molecule has 166 valence electrons. The van der Waals surface area contributed by atoms with E-state index < -0.39 is 0 Å². The standard InChI is InChI=1S/C23H31N5O3/c1-15(29)28-11-9-16(10-12-28)13-24-22(31)20-4-2-3-17-14-25-23(27-21(17)20)26-18-5-7-19(30)8-6-18/h2-4,14,16,18-19,30H,5-13H2,1H3,(H,24,31)(H,25,26,27)/t18-,19-. The number of carbonyl (C=O) groups is 2. The van der Waals surface area contributed by atoms with Crippen molar-refractivity contribution in [2.75, 3.05) is 25.0 Å². The van der Waals surface area contributed by atoms with Crippen molar-refractivity contribution in [2.45, 2.75) is 57.6 Å². The number of aliphatic hydroxyl groups excluding tert-OH is 1. The van der Waals surface area contributed by atoms with Crippen LogP contribution in [0.5, 0.6) is 0 Å². The summed E-state index contributed by atoms with van der Waals surface area (Å²) < 4.78 is 0. The van der Waals surface area contributed by atoms with Gasteiger partial charge in [-0.25, -0.2) is 9.97 Å². The number of carbonyl (C=O) groups excluding carboxylic acids is 2. The van der Waals surface area contributed by atoms with Crippen LogP contribution in [0.15, 0.2) is 24.4 Å². The van der Waals surface area contributed by atoms with E-state index in [2.05, 4.69) is 20.6 Å². The zero-order valence-corrected chi connectivity index (χ0v) is 18.0. The smallest absolute Gasteiger partial charge is 0.253 e. The molecule has 2 heterocycles. The molecular weight excluding hydrogens is 394 g/mol. The third-order valence-corrected chi connectivity index (χ3v) is 6.50. The summed E-state index contributed by atoms with van der Waals surface area (Å²) in [4.78, 5) is 35.3. The Bertz CT molecular complexity index is 934. The van der Waals surface area contributed by atoms with Gasteiger partial charge >= 0.3 is 0 Å². The van der Waals surface area contributed by atoms with Gasteiger partial charge in [-0.2, -0.15) is 0 Å². The van der Waals surface area contributed by atoms with E-state index in [9.17, 15) is 14.7 Å². The summed E-state index contributed by atoms with van der Waals surface area (Å²) in [7, 11) is 0. The molecule has 0 spiro atoms. The van der Waals surface area contributed by atoms with E-state index in [1.165, 1.54) is 0 Å². The van der Waals surface area contributed by atoms with Gasteiger partial charge in [0.15, 0.2) is 0 Å². The first-order valence-electron chi connectivity index (χ1n) is 11.2. The van der Waals surface area contributed by atoms with Gasteiger partial charge in [0.25, 0.3) is 5.91 Å². The molecule has 1 aromatic heterocycles. The maximum Gasteiger partial charge on any atom is 0.253 e. The van der Waals surface area contributed by atoms with E-state index in [0.29, 0.717) is 29.5 Å². The van der Waals surface area contributed by atoms with Crippen LogP contribution in [0.4, 0.5) is 5.95 Å². The highest BCUT2D eigenvalue weighted by atomic mass is 16.3. The third-order valence-electron chi connectivity index (χ3n) is 6.50. The van der Waals surface area contributed by atoms with Crippen LogP contribution in [-0.4, -0.2) is 63.6 Å². The second-order valence-electron chi connectivity index (χ2n) is 8.75. The van der Waals surface area contributed by atoms with Gasteiger partial charge in [-0.3, -0.25) is 9.59 Å². The number of nitrogens with one attached hydrogen (secondary N) is 2. The van der Waals surface area contributed by atoms with Crippen LogP contribution in [0, 0.1) is 5.92 Å². The van der Waals surface area contributed by atoms with Gasteiger partial charge in [0, 0.05) is 44.2 Å². The summed E-state index contributed by atoms with van der Waals surface area (Å²) in [6.45, 7) is 3.71. The number of amides is 2. The van der Waals surface area contributed by atoms with Crippen LogP contribution in [-0.2, 0) is 4.79 Å². The molecule has 0 bridgehead atoms. The Morgan fingerprint density at radius 3 is 2.58 bits per heavy atom. The summed E-state index contributed by atoms with van der Waals surface area (Å²) in [6, 6.07) is 5.79. The topological polar surface area (TPSA) is 107 Å². The Balaban J connectivity index is 1.40.